The molecule has 0 saturated carbocycles. The zero-order valence-electron chi connectivity index (χ0n) is 13.0. The lowest BCUT2D eigenvalue weighted by Gasteiger charge is -2.28. The van der Waals surface area contributed by atoms with Gasteiger partial charge in [0.25, 0.3) is 0 Å². The Labute approximate surface area is 128 Å². The Balaban J connectivity index is 1.96. The van der Waals surface area contributed by atoms with Crippen molar-refractivity contribution in [3.8, 4) is 11.1 Å². The Morgan fingerprint density at radius 2 is 1.19 bits per heavy atom. The number of hydrogen-bond donors (Lipinski definition) is 0. The van der Waals surface area contributed by atoms with Gasteiger partial charge in [-0.15, -0.1) is 0 Å². The van der Waals surface area contributed by atoms with Crippen LogP contribution in [0.2, 0.25) is 0 Å². The third-order valence-corrected chi connectivity index (χ3v) is 5.31. The minimum absolute atomic E-state index is 1.28. The fourth-order valence-corrected chi connectivity index (χ4v) is 4.21. The molecule has 2 aromatic rings. The lowest BCUT2D eigenvalue weighted by atomic mass is 9.77. The molecule has 0 amide bonds. The molecule has 0 spiro atoms. The van der Waals surface area contributed by atoms with Gasteiger partial charge in [-0.25, -0.2) is 0 Å². The first-order valence-corrected chi connectivity index (χ1v) is 8.56. The Kier molecular flexibility index (Phi) is 3.33. The van der Waals surface area contributed by atoms with Crippen LogP contribution in [0.15, 0.2) is 30.3 Å². The van der Waals surface area contributed by atoms with Crippen molar-refractivity contribution in [1.29, 1.82) is 0 Å². The van der Waals surface area contributed by atoms with E-state index in [1.54, 1.807) is 27.8 Å². The summed E-state index contributed by atoms with van der Waals surface area (Å²) in [4.78, 5) is 0. The highest BCUT2D eigenvalue weighted by Crippen LogP contribution is 2.39. The molecule has 2 aromatic carbocycles. The largest absolute Gasteiger partial charge is 0.0587 e. The maximum Gasteiger partial charge on any atom is -0.0114 e. The summed E-state index contributed by atoms with van der Waals surface area (Å²) in [6, 6.07) is 11.8. The predicted octanol–water partition coefficient (Wildman–Crippen LogP) is 5.42. The van der Waals surface area contributed by atoms with E-state index in [1.807, 2.05) is 0 Å². The van der Waals surface area contributed by atoms with Gasteiger partial charge in [0.15, 0.2) is 0 Å². The molecule has 0 aromatic heterocycles. The number of hydrogen-bond acceptors (Lipinski definition) is 0. The molecule has 0 radical (unpaired) electrons. The molecule has 0 nitrogen and oxygen atoms in total. The molecular weight excluding hydrogens is 252 g/mol. The van der Waals surface area contributed by atoms with Crippen molar-refractivity contribution < 1.29 is 0 Å². The van der Waals surface area contributed by atoms with Gasteiger partial charge in [-0.3, -0.25) is 0 Å². The summed E-state index contributed by atoms with van der Waals surface area (Å²) in [7, 11) is 0. The number of aryl methyl sites for hydroxylation is 3. The van der Waals surface area contributed by atoms with E-state index in [9.17, 15) is 0 Å². The van der Waals surface area contributed by atoms with Crippen LogP contribution in [0.5, 0.6) is 0 Å². The van der Waals surface area contributed by atoms with Gasteiger partial charge < -0.3 is 0 Å². The lowest BCUT2D eigenvalue weighted by Crippen LogP contribution is -2.12. The summed E-state index contributed by atoms with van der Waals surface area (Å²) in [5.74, 6) is 0. The van der Waals surface area contributed by atoms with Crippen LogP contribution in [-0.2, 0) is 25.7 Å². The van der Waals surface area contributed by atoms with Gasteiger partial charge in [0.2, 0.25) is 0 Å². The molecule has 21 heavy (non-hydrogen) atoms. The van der Waals surface area contributed by atoms with Crippen molar-refractivity contribution >= 4 is 0 Å². The summed E-state index contributed by atoms with van der Waals surface area (Å²) in [6.07, 6.45) is 10.6. The summed E-state index contributed by atoms with van der Waals surface area (Å²) in [6.45, 7) is 2.18. The third-order valence-electron chi connectivity index (χ3n) is 5.31. The average Bonchev–Trinajstić information content (AvgIpc) is 2.53. The molecule has 0 bridgehead atoms. The first kappa shape index (κ1) is 13.1. The van der Waals surface area contributed by atoms with Crippen molar-refractivity contribution in [3.63, 3.8) is 0 Å². The van der Waals surface area contributed by atoms with Crippen LogP contribution in [0.4, 0.5) is 0 Å². The highest BCUT2D eigenvalue weighted by atomic mass is 14.3. The van der Waals surface area contributed by atoms with Crippen LogP contribution in [0.3, 0.4) is 0 Å². The Hall–Kier alpha value is -1.56. The molecule has 4 rings (SSSR count). The van der Waals surface area contributed by atoms with Crippen LogP contribution in [-0.4, -0.2) is 0 Å². The molecule has 0 aliphatic heterocycles. The first-order chi connectivity index (χ1) is 10.3. The van der Waals surface area contributed by atoms with E-state index in [1.165, 1.54) is 62.5 Å². The smallest absolute Gasteiger partial charge is 0.0114 e. The fraction of sp³-hybridized carbons (Fsp3) is 0.429. The highest BCUT2D eigenvalue weighted by molar-refractivity contribution is 5.75. The van der Waals surface area contributed by atoms with Crippen LogP contribution in [0.25, 0.3) is 11.1 Å². The van der Waals surface area contributed by atoms with Crippen molar-refractivity contribution in [2.24, 2.45) is 0 Å². The van der Waals surface area contributed by atoms with Gasteiger partial charge in [0.1, 0.15) is 0 Å². The van der Waals surface area contributed by atoms with E-state index in [4.69, 9.17) is 0 Å². The van der Waals surface area contributed by atoms with Gasteiger partial charge in [0.05, 0.1) is 0 Å². The number of benzene rings is 2. The van der Waals surface area contributed by atoms with Gasteiger partial charge in [-0.2, -0.15) is 0 Å². The lowest BCUT2D eigenvalue weighted by molar-refractivity contribution is 0.660. The van der Waals surface area contributed by atoms with E-state index in [0.717, 1.165) is 0 Å². The van der Waals surface area contributed by atoms with Gasteiger partial charge >= 0.3 is 0 Å². The summed E-state index contributed by atoms with van der Waals surface area (Å²) < 4.78 is 0. The van der Waals surface area contributed by atoms with Gasteiger partial charge in [0, 0.05) is 0 Å². The second-order valence-electron chi connectivity index (χ2n) is 6.81. The van der Waals surface area contributed by atoms with Gasteiger partial charge in [-0.1, -0.05) is 35.9 Å². The third kappa shape index (κ3) is 2.31. The first-order valence-electron chi connectivity index (χ1n) is 8.56. The molecule has 0 heterocycles. The predicted molar refractivity (Wildman–Crippen MR) is 89.9 cm³/mol. The normalized spacial score (nSPS) is 17.2. The second-order valence-corrected chi connectivity index (χ2v) is 6.81. The Morgan fingerprint density at radius 3 is 1.76 bits per heavy atom. The van der Waals surface area contributed by atoms with E-state index in [0.29, 0.717) is 0 Å². The standard InChI is InChI=1S/C21H24/c1-15-10-12-16(13-11-15)21-19-8-4-2-6-17(19)14-18-7-3-5-9-20(18)21/h10-14H,2-9H2,1H3. The van der Waals surface area contributed by atoms with E-state index in [2.05, 4.69) is 37.3 Å². The number of rotatable bonds is 1. The van der Waals surface area contributed by atoms with E-state index < -0.39 is 0 Å². The van der Waals surface area contributed by atoms with Crippen molar-refractivity contribution in [3.05, 3.63) is 58.1 Å². The molecule has 0 N–H and O–H groups in total. The molecule has 0 atom stereocenters. The van der Waals surface area contributed by atoms with Crippen molar-refractivity contribution in [1.82, 2.24) is 0 Å². The zero-order chi connectivity index (χ0) is 14.2. The second kappa shape index (κ2) is 5.33. The highest BCUT2D eigenvalue weighted by Gasteiger charge is 2.22. The van der Waals surface area contributed by atoms with E-state index in [-0.39, 0.29) is 0 Å². The summed E-state index contributed by atoms with van der Waals surface area (Å²) in [5, 5.41) is 0. The summed E-state index contributed by atoms with van der Waals surface area (Å²) in [5.41, 5.74) is 11.1. The van der Waals surface area contributed by atoms with Crippen LogP contribution in [0, 0.1) is 6.92 Å². The Bertz CT molecular complexity index is 627. The molecule has 0 heteroatoms. The minimum Gasteiger partial charge on any atom is -0.0587 e. The summed E-state index contributed by atoms with van der Waals surface area (Å²) >= 11 is 0. The fourth-order valence-electron chi connectivity index (χ4n) is 4.21. The zero-order valence-corrected chi connectivity index (χ0v) is 13.0. The van der Waals surface area contributed by atoms with Crippen LogP contribution in [0.1, 0.15) is 53.5 Å². The molecule has 2 aliphatic rings. The van der Waals surface area contributed by atoms with Gasteiger partial charge in [-0.05, 0) is 91.7 Å². The van der Waals surface area contributed by atoms with Crippen LogP contribution < -0.4 is 0 Å². The molecule has 0 unspecified atom stereocenters. The average molecular weight is 276 g/mol. The Morgan fingerprint density at radius 1 is 0.667 bits per heavy atom. The molecular formula is C21H24. The molecule has 2 aliphatic carbocycles. The number of fused-ring (bicyclic) bond motifs is 2. The van der Waals surface area contributed by atoms with Crippen molar-refractivity contribution in [2.45, 2.75) is 58.3 Å². The quantitative estimate of drug-likeness (QED) is 0.652. The minimum atomic E-state index is 1.28. The maximum absolute atomic E-state index is 2.56. The molecule has 0 saturated heterocycles. The van der Waals surface area contributed by atoms with E-state index >= 15 is 0 Å². The monoisotopic (exact) mass is 276 g/mol. The molecule has 108 valence electrons. The topological polar surface area (TPSA) is 0 Å². The van der Waals surface area contributed by atoms with Crippen LogP contribution >= 0.6 is 0 Å². The molecule has 0 fully saturated rings. The maximum atomic E-state index is 2.56. The van der Waals surface area contributed by atoms with Crippen molar-refractivity contribution in [2.75, 3.05) is 0 Å². The SMILES string of the molecule is Cc1ccc(-c2c3c(cc4c2CCCC4)CCCC3)cc1.